The van der Waals surface area contributed by atoms with Crippen LogP contribution in [0.1, 0.15) is 10.4 Å². The number of rotatable bonds is 4. The minimum Gasteiger partial charge on any atom is -0.495 e. The number of hydrogen-bond donors (Lipinski definition) is 1. The van der Waals surface area contributed by atoms with E-state index in [4.69, 9.17) is 4.74 Å². The largest absolute Gasteiger partial charge is 0.573 e. The summed E-state index contributed by atoms with van der Waals surface area (Å²) >= 11 is 0. The Hall–Kier alpha value is -2.70. The molecule has 22 heavy (non-hydrogen) atoms. The molecule has 2 aromatic rings. The number of halogens is 3. The first-order chi connectivity index (χ1) is 10.4. The second-order valence-corrected chi connectivity index (χ2v) is 4.23. The third kappa shape index (κ3) is 4.15. The highest BCUT2D eigenvalue weighted by molar-refractivity contribution is 6.05. The third-order valence-corrected chi connectivity index (χ3v) is 2.69. The Morgan fingerprint density at radius 1 is 1.09 bits per heavy atom. The fraction of sp³-hybridized carbons (Fsp3) is 0.133. The number of benzene rings is 2. The third-order valence-electron chi connectivity index (χ3n) is 2.69. The van der Waals surface area contributed by atoms with Crippen LogP contribution in [0.4, 0.5) is 18.9 Å². The standard InChI is InChI=1S/C15H12F3NO3/c1-21-13-8-7-11(22-15(16,17)18)9-12(13)19-14(20)10-5-3-2-4-6-10/h2-9H,1H3,(H,19,20). The lowest BCUT2D eigenvalue weighted by molar-refractivity contribution is -0.274. The van der Waals surface area contributed by atoms with Crippen LogP contribution in [0, 0.1) is 0 Å². The van der Waals surface area contributed by atoms with Crippen molar-refractivity contribution in [2.24, 2.45) is 0 Å². The molecule has 0 aliphatic heterocycles. The summed E-state index contributed by atoms with van der Waals surface area (Å²) in [5, 5.41) is 2.49. The zero-order chi connectivity index (χ0) is 16.2. The predicted octanol–water partition coefficient (Wildman–Crippen LogP) is 3.85. The first-order valence-corrected chi connectivity index (χ1v) is 6.19. The van der Waals surface area contributed by atoms with Gasteiger partial charge in [0.05, 0.1) is 12.8 Å². The van der Waals surface area contributed by atoms with Gasteiger partial charge < -0.3 is 14.8 Å². The Balaban J connectivity index is 2.25. The maximum atomic E-state index is 12.2. The average Bonchev–Trinajstić information content (AvgIpc) is 2.47. The van der Waals surface area contributed by atoms with E-state index in [0.29, 0.717) is 5.56 Å². The summed E-state index contributed by atoms with van der Waals surface area (Å²) in [6, 6.07) is 11.7. The molecule has 0 unspecified atom stereocenters. The maximum Gasteiger partial charge on any atom is 0.573 e. The molecule has 2 rings (SSSR count). The Morgan fingerprint density at radius 2 is 1.77 bits per heavy atom. The molecule has 2 aromatic carbocycles. The molecule has 0 aromatic heterocycles. The van der Waals surface area contributed by atoms with E-state index in [1.54, 1.807) is 30.3 Å². The van der Waals surface area contributed by atoms with E-state index >= 15 is 0 Å². The van der Waals surface area contributed by atoms with Crippen LogP contribution in [0.2, 0.25) is 0 Å². The summed E-state index contributed by atoms with van der Waals surface area (Å²) in [7, 11) is 1.35. The topological polar surface area (TPSA) is 47.6 Å². The van der Waals surface area contributed by atoms with E-state index in [2.05, 4.69) is 10.1 Å². The van der Waals surface area contributed by atoms with Gasteiger partial charge in [-0.15, -0.1) is 13.2 Å². The number of methoxy groups -OCH3 is 1. The Labute approximate surface area is 124 Å². The zero-order valence-corrected chi connectivity index (χ0v) is 11.5. The predicted molar refractivity (Wildman–Crippen MR) is 74.1 cm³/mol. The van der Waals surface area contributed by atoms with E-state index < -0.39 is 18.0 Å². The normalized spacial score (nSPS) is 10.9. The Morgan fingerprint density at radius 3 is 2.36 bits per heavy atom. The molecular formula is C15H12F3NO3. The number of anilines is 1. The van der Waals surface area contributed by atoms with Crippen LogP contribution in [0.25, 0.3) is 0 Å². The summed E-state index contributed by atoms with van der Waals surface area (Å²) in [4.78, 5) is 12.0. The smallest absolute Gasteiger partial charge is 0.495 e. The van der Waals surface area contributed by atoms with Gasteiger partial charge in [0.2, 0.25) is 0 Å². The monoisotopic (exact) mass is 311 g/mol. The van der Waals surface area contributed by atoms with Crippen molar-refractivity contribution < 1.29 is 27.4 Å². The average molecular weight is 311 g/mol. The van der Waals surface area contributed by atoms with E-state index in [9.17, 15) is 18.0 Å². The van der Waals surface area contributed by atoms with E-state index in [-0.39, 0.29) is 11.4 Å². The SMILES string of the molecule is COc1ccc(OC(F)(F)F)cc1NC(=O)c1ccccc1. The van der Waals surface area contributed by atoms with E-state index in [1.165, 1.54) is 13.2 Å². The van der Waals surface area contributed by atoms with Crippen molar-refractivity contribution in [1.82, 2.24) is 0 Å². The lowest BCUT2D eigenvalue weighted by atomic mass is 10.2. The molecule has 0 saturated heterocycles. The molecular weight excluding hydrogens is 299 g/mol. The highest BCUT2D eigenvalue weighted by atomic mass is 19.4. The Bertz CT molecular complexity index is 657. The van der Waals surface area contributed by atoms with Crippen molar-refractivity contribution in [2.75, 3.05) is 12.4 Å². The van der Waals surface area contributed by atoms with Gasteiger partial charge in [0.15, 0.2) is 0 Å². The fourth-order valence-corrected chi connectivity index (χ4v) is 1.77. The highest BCUT2D eigenvalue weighted by Crippen LogP contribution is 2.32. The van der Waals surface area contributed by atoms with Gasteiger partial charge in [-0.1, -0.05) is 18.2 Å². The first-order valence-electron chi connectivity index (χ1n) is 6.19. The fourth-order valence-electron chi connectivity index (χ4n) is 1.77. The Kier molecular flexibility index (Phi) is 4.55. The summed E-state index contributed by atoms with van der Waals surface area (Å²) in [5.74, 6) is -0.696. The lowest BCUT2D eigenvalue weighted by Gasteiger charge is -2.14. The minimum atomic E-state index is -4.81. The van der Waals surface area contributed by atoms with Gasteiger partial charge in [0.1, 0.15) is 11.5 Å². The molecule has 0 bridgehead atoms. The molecule has 0 fully saturated rings. The minimum absolute atomic E-state index is 0.0816. The van der Waals surface area contributed by atoms with Gasteiger partial charge >= 0.3 is 6.36 Å². The number of carbonyl (C=O) groups is 1. The van der Waals surface area contributed by atoms with Crippen LogP contribution in [0.5, 0.6) is 11.5 Å². The van der Waals surface area contributed by atoms with Gasteiger partial charge in [-0.3, -0.25) is 4.79 Å². The van der Waals surface area contributed by atoms with Crippen LogP contribution in [0.15, 0.2) is 48.5 Å². The molecule has 0 aliphatic rings. The molecule has 0 aliphatic carbocycles. The van der Waals surface area contributed by atoms with Crippen molar-refractivity contribution in [3.63, 3.8) is 0 Å². The van der Waals surface area contributed by atoms with Gasteiger partial charge in [-0.25, -0.2) is 0 Å². The molecule has 1 N–H and O–H groups in total. The summed E-state index contributed by atoms with van der Waals surface area (Å²) < 4.78 is 45.6. The number of amides is 1. The molecule has 4 nitrogen and oxygen atoms in total. The van der Waals surface area contributed by atoms with Crippen molar-refractivity contribution in [2.45, 2.75) is 6.36 Å². The molecule has 7 heteroatoms. The van der Waals surface area contributed by atoms with Gasteiger partial charge in [0.25, 0.3) is 5.91 Å². The summed E-state index contributed by atoms with van der Waals surface area (Å²) in [6.07, 6.45) is -4.81. The molecule has 0 atom stereocenters. The maximum absolute atomic E-state index is 12.2. The molecule has 0 radical (unpaired) electrons. The van der Waals surface area contributed by atoms with E-state index in [1.807, 2.05) is 0 Å². The van der Waals surface area contributed by atoms with Crippen molar-refractivity contribution >= 4 is 11.6 Å². The summed E-state index contributed by atoms with van der Waals surface area (Å²) in [5.41, 5.74) is 0.449. The van der Waals surface area contributed by atoms with Gasteiger partial charge in [-0.2, -0.15) is 0 Å². The molecule has 0 heterocycles. The van der Waals surface area contributed by atoms with Crippen molar-refractivity contribution in [3.8, 4) is 11.5 Å². The lowest BCUT2D eigenvalue weighted by Crippen LogP contribution is -2.17. The van der Waals surface area contributed by atoms with Crippen molar-refractivity contribution in [3.05, 3.63) is 54.1 Å². The molecule has 0 saturated carbocycles. The van der Waals surface area contributed by atoms with Crippen LogP contribution < -0.4 is 14.8 Å². The van der Waals surface area contributed by atoms with E-state index in [0.717, 1.165) is 12.1 Å². The van der Waals surface area contributed by atoms with Crippen LogP contribution in [-0.2, 0) is 0 Å². The van der Waals surface area contributed by atoms with Crippen LogP contribution in [0.3, 0.4) is 0 Å². The number of hydrogen-bond acceptors (Lipinski definition) is 3. The zero-order valence-electron chi connectivity index (χ0n) is 11.5. The summed E-state index contributed by atoms with van der Waals surface area (Å²) in [6.45, 7) is 0. The van der Waals surface area contributed by atoms with Crippen LogP contribution >= 0.6 is 0 Å². The van der Waals surface area contributed by atoms with Gasteiger partial charge in [0, 0.05) is 11.6 Å². The number of nitrogens with one attached hydrogen (secondary N) is 1. The molecule has 0 spiro atoms. The second-order valence-electron chi connectivity index (χ2n) is 4.23. The first kappa shape index (κ1) is 15.7. The van der Waals surface area contributed by atoms with Gasteiger partial charge in [-0.05, 0) is 24.3 Å². The molecule has 116 valence electrons. The number of alkyl halides is 3. The second kappa shape index (κ2) is 6.38. The number of carbonyl (C=O) groups excluding carboxylic acids is 1. The van der Waals surface area contributed by atoms with Crippen molar-refractivity contribution in [1.29, 1.82) is 0 Å². The van der Waals surface area contributed by atoms with Crippen LogP contribution in [-0.4, -0.2) is 19.4 Å². The highest BCUT2D eigenvalue weighted by Gasteiger charge is 2.31. The number of ether oxygens (including phenoxy) is 2. The molecule has 1 amide bonds. The quantitative estimate of drug-likeness (QED) is 0.933.